The molecular formula is C12H20O3. The number of hydrogen-bond acceptors (Lipinski definition) is 3. The van der Waals surface area contributed by atoms with Crippen LogP contribution < -0.4 is 0 Å². The minimum atomic E-state index is -0.0357. The second-order valence-corrected chi connectivity index (χ2v) is 4.32. The maximum atomic E-state index is 11.8. The van der Waals surface area contributed by atoms with Gasteiger partial charge in [0.1, 0.15) is 11.6 Å². The second kappa shape index (κ2) is 6.01. The van der Waals surface area contributed by atoms with Crippen molar-refractivity contribution in [3.05, 3.63) is 0 Å². The summed E-state index contributed by atoms with van der Waals surface area (Å²) in [4.78, 5) is 23.2. The zero-order chi connectivity index (χ0) is 11.3. The van der Waals surface area contributed by atoms with Crippen LogP contribution in [0.25, 0.3) is 0 Å². The van der Waals surface area contributed by atoms with Crippen molar-refractivity contribution in [3.8, 4) is 0 Å². The highest BCUT2D eigenvalue weighted by molar-refractivity contribution is 5.88. The zero-order valence-electron chi connectivity index (χ0n) is 9.62. The molecule has 3 nitrogen and oxygen atoms in total. The number of ketones is 2. The molecule has 1 rings (SSSR count). The number of rotatable bonds is 5. The molecule has 1 fully saturated rings. The molecule has 1 saturated carbocycles. The summed E-state index contributed by atoms with van der Waals surface area (Å²) in [7, 11) is 1.59. The van der Waals surface area contributed by atoms with Crippen molar-refractivity contribution in [3.63, 3.8) is 0 Å². The highest BCUT2D eigenvalue weighted by Gasteiger charge is 2.32. The van der Waals surface area contributed by atoms with E-state index in [1.54, 1.807) is 14.0 Å². The van der Waals surface area contributed by atoms with Crippen LogP contribution in [-0.2, 0) is 14.3 Å². The van der Waals surface area contributed by atoms with Crippen LogP contribution in [0.1, 0.15) is 39.0 Å². The van der Waals surface area contributed by atoms with E-state index in [1.807, 2.05) is 0 Å². The van der Waals surface area contributed by atoms with Gasteiger partial charge in [0.2, 0.25) is 0 Å². The molecule has 3 heteroatoms. The first-order valence-corrected chi connectivity index (χ1v) is 5.69. The van der Waals surface area contributed by atoms with Crippen molar-refractivity contribution < 1.29 is 14.3 Å². The summed E-state index contributed by atoms with van der Waals surface area (Å²) in [6, 6.07) is 0. The Morgan fingerprint density at radius 3 is 2.33 bits per heavy atom. The van der Waals surface area contributed by atoms with Gasteiger partial charge in [-0.25, -0.2) is 0 Å². The fourth-order valence-electron chi connectivity index (χ4n) is 2.39. The third-order valence-electron chi connectivity index (χ3n) is 3.25. The van der Waals surface area contributed by atoms with Crippen LogP contribution in [0.2, 0.25) is 0 Å². The Balaban J connectivity index is 2.55. The molecule has 0 aromatic heterocycles. The molecule has 0 radical (unpaired) electrons. The molecule has 15 heavy (non-hydrogen) atoms. The lowest BCUT2D eigenvalue weighted by Gasteiger charge is -2.28. The van der Waals surface area contributed by atoms with Crippen LogP contribution in [0.4, 0.5) is 0 Å². The number of methoxy groups -OCH3 is 1. The van der Waals surface area contributed by atoms with E-state index in [-0.39, 0.29) is 23.4 Å². The monoisotopic (exact) mass is 212 g/mol. The first-order valence-electron chi connectivity index (χ1n) is 5.69. The first-order chi connectivity index (χ1) is 7.16. The number of ether oxygens (including phenoxy) is 1. The quantitative estimate of drug-likeness (QED) is 0.700. The molecule has 2 unspecified atom stereocenters. The Labute approximate surface area is 91.2 Å². The summed E-state index contributed by atoms with van der Waals surface area (Å²) in [6.45, 7) is 2.08. The molecule has 0 aromatic carbocycles. The van der Waals surface area contributed by atoms with Gasteiger partial charge in [0.15, 0.2) is 0 Å². The van der Waals surface area contributed by atoms with E-state index < -0.39 is 0 Å². The molecular weight excluding hydrogens is 192 g/mol. The lowest BCUT2D eigenvalue weighted by atomic mass is 9.74. The zero-order valence-corrected chi connectivity index (χ0v) is 9.62. The summed E-state index contributed by atoms with van der Waals surface area (Å²) in [5.74, 6) is 0.316. The molecule has 0 aliphatic heterocycles. The lowest BCUT2D eigenvalue weighted by Crippen LogP contribution is -2.32. The molecule has 86 valence electrons. The summed E-state index contributed by atoms with van der Waals surface area (Å²) in [5.41, 5.74) is 0. The topological polar surface area (TPSA) is 43.4 Å². The van der Waals surface area contributed by atoms with Gasteiger partial charge in [0, 0.05) is 25.4 Å². The van der Waals surface area contributed by atoms with Crippen molar-refractivity contribution in [1.29, 1.82) is 0 Å². The van der Waals surface area contributed by atoms with E-state index in [1.165, 1.54) is 0 Å². The highest BCUT2D eigenvalue weighted by Crippen LogP contribution is 2.31. The predicted octanol–water partition coefficient (Wildman–Crippen LogP) is 1.99. The SMILES string of the molecule is COCCC(=O)C1CCCCC1C(C)=O. The average molecular weight is 212 g/mol. The van der Waals surface area contributed by atoms with Crippen molar-refractivity contribution in [2.75, 3.05) is 13.7 Å². The van der Waals surface area contributed by atoms with Crippen LogP contribution in [0.3, 0.4) is 0 Å². The van der Waals surface area contributed by atoms with Gasteiger partial charge >= 0.3 is 0 Å². The second-order valence-electron chi connectivity index (χ2n) is 4.32. The van der Waals surface area contributed by atoms with Crippen molar-refractivity contribution >= 4 is 11.6 Å². The number of Topliss-reactive ketones (excluding diaryl/α,β-unsaturated/α-hetero) is 2. The predicted molar refractivity (Wildman–Crippen MR) is 57.6 cm³/mol. The maximum Gasteiger partial charge on any atom is 0.138 e. The molecule has 0 heterocycles. The van der Waals surface area contributed by atoms with E-state index in [9.17, 15) is 9.59 Å². The van der Waals surface area contributed by atoms with E-state index in [0.29, 0.717) is 13.0 Å². The van der Waals surface area contributed by atoms with Gasteiger partial charge in [-0.05, 0) is 19.8 Å². The summed E-state index contributed by atoms with van der Waals surface area (Å²) < 4.78 is 4.89. The minimum Gasteiger partial charge on any atom is -0.384 e. The summed E-state index contributed by atoms with van der Waals surface area (Å²) >= 11 is 0. The Hall–Kier alpha value is -0.700. The van der Waals surface area contributed by atoms with Crippen LogP contribution in [0, 0.1) is 11.8 Å². The Kier molecular flexibility index (Phi) is 4.95. The summed E-state index contributed by atoms with van der Waals surface area (Å²) in [5, 5.41) is 0. The van der Waals surface area contributed by atoms with Crippen LogP contribution in [-0.4, -0.2) is 25.3 Å². The Morgan fingerprint density at radius 2 is 1.80 bits per heavy atom. The van der Waals surface area contributed by atoms with Gasteiger partial charge in [0.25, 0.3) is 0 Å². The summed E-state index contributed by atoms with van der Waals surface area (Å²) in [6.07, 6.45) is 4.38. The van der Waals surface area contributed by atoms with E-state index >= 15 is 0 Å². The van der Waals surface area contributed by atoms with Crippen molar-refractivity contribution in [1.82, 2.24) is 0 Å². The largest absolute Gasteiger partial charge is 0.384 e. The van der Waals surface area contributed by atoms with E-state index in [2.05, 4.69) is 0 Å². The number of carbonyl (C=O) groups excluding carboxylic acids is 2. The van der Waals surface area contributed by atoms with E-state index in [4.69, 9.17) is 4.74 Å². The standard InChI is InChI=1S/C12H20O3/c1-9(13)10-5-3-4-6-11(10)12(14)7-8-15-2/h10-11H,3-8H2,1-2H3. The Morgan fingerprint density at radius 1 is 1.20 bits per heavy atom. The van der Waals surface area contributed by atoms with Crippen molar-refractivity contribution in [2.24, 2.45) is 11.8 Å². The van der Waals surface area contributed by atoms with Gasteiger partial charge < -0.3 is 4.74 Å². The lowest BCUT2D eigenvalue weighted by molar-refractivity contribution is -0.133. The van der Waals surface area contributed by atoms with Crippen LogP contribution >= 0.6 is 0 Å². The molecule has 0 spiro atoms. The molecule has 1 aliphatic carbocycles. The molecule has 0 aromatic rings. The maximum absolute atomic E-state index is 11.8. The number of hydrogen-bond donors (Lipinski definition) is 0. The van der Waals surface area contributed by atoms with Gasteiger partial charge in [0.05, 0.1) is 6.61 Å². The molecule has 0 saturated heterocycles. The fourth-order valence-corrected chi connectivity index (χ4v) is 2.39. The van der Waals surface area contributed by atoms with Crippen LogP contribution in [0.5, 0.6) is 0 Å². The van der Waals surface area contributed by atoms with Gasteiger partial charge in [-0.15, -0.1) is 0 Å². The molecule has 2 atom stereocenters. The average Bonchev–Trinajstić information content (AvgIpc) is 2.25. The molecule has 0 amide bonds. The third-order valence-corrected chi connectivity index (χ3v) is 3.25. The number of carbonyl (C=O) groups is 2. The van der Waals surface area contributed by atoms with Crippen LogP contribution in [0.15, 0.2) is 0 Å². The molecule has 0 bridgehead atoms. The molecule has 1 aliphatic rings. The first kappa shape index (κ1) is 12.4. The highest BCUT2D eigenvalue weighted by atomic mass is 16.5. The molecule has 0 N–H and O–H groups in total. The fraction of sp³-hybridized carbons (Fsp3) is 0.833. The van der Waals surface area contributed by atoms with Gasteiger partial charge in [-0.2, -0.15) is 0 Å². The Bertz CT molecular complexity index is 235. The van der Waals surface area contributed by atoms with Crippen molar-refractivity contribution in [2.45, 2.75) is 39.0 Å². The normalized spacial score (nSPS) is 26.3. The van der Waals surface area contributed by atoms with E-state index in [0.717, 1.165) is 25.7 Å². The van der Waals surface area contributed by atoms with Gasteiger partial charge in [-0.1, -0.05) is 12.8 Å². The minimum absolute atomic E-state index is 0.0249. The third kappa shape index (κ3) is 3.42. The smallest absolute Gasteiger partial charge is 0.138 e. The van der Waals surface area contributed by atoms with Gasteiger partial charge in [-0.3, -0.25) is 9.59 Å².